The Labute approximate surface area is 244 Å². The van der Waals surface area contributed by atoms with Gasteiger partial charge in [0.1, 0.15) is 36.3 Å². The van der Waals surface area contributed by atoms with Crippen molar-refractivity contribution in [1.29, 1.82) is 0 Å². The van der Waals surface area contributed by atoms with E-state index in [0.717, 1.165) is 6.33 Å². The quantitative estimate of drug-likeness (QED) is 0.136. The fourth-order valence-corrected chi connectivity index (χ4v) is 7.15. The second-order valence-corrected chi connectivity index (χ2v) is 12.9. The van der Waals surface area contributed by atoms with Gasteiger partial charge in [-0.15, -0.1) is 0 Å². The van der Waals surface area contributed by atoms with Crippen LogP contribution >= 0.6 is 15.6 Å². The smallest absolute Gasteiger partial charge is 0.387 e. The number of aromatic nitrogens is 8. The van der Waals surface area contributed by atoms with E-state index in [-0.39, 0.29) is 40.5 Å². The Kier molecular flexibility index (Phi) is 7.06. The molecule has 22 nitrogen and oxygen atoms in total. The molecule has 7 heterocycles. The minimum atomic E-state index is -4.94. The molecular weight excluding hydrogens is 634 g/mol. The van der Waals surface area contributed by atoms with E-state index >= 15 is 0 Å². The van der Waals surface area contributed by atoms with Crippen molar-refractivity contribution in [2.24, 2.45) is 0 Å². The summed E-state index contributed by atoms with van der Waals surface area (Å²) in [4.78, 5) is 56.0. The molecule has 8 N–H and O–H groups in total. The molecule has 7 rings (SSSR count). The summed E-state index contributed by atoms with van der Waals surface area (Å²) in [5.74, 6) is -0.181. The van der Waals surface area contributed by atoms with E-state index in [0.29, 0.717) is 0 Å². The number of ether oxygens (including phenoxy) is 2. The number of imidazole rings is 2. The molecule has 44 heavy (non-hydrogen) atoms. The van der Waals surface area contributed by atoms with Gasteiger partial charge in [-0.05, 0) is 0 Å². The van der Waals surface area contributed by atoms with Gasteiger partial charge in [-0.25, -0.2) is 29.1 Å². The SMILES string of the molecule is Nc1nc2c(ncn2[C@@H]2O[C@@H]3COP(=O)(O)O[C@@H]4[C@H](O)[C@@H](COP(=O)(O)O[C@@H]2C3)O[C@H]4n2cnc3c(N)ncnc32)c(=O)[nH]1. The highest BCUT2D eigenvalue weighted by atomic mass is 31.2. The Morgan fingerprint density at radius 3 is 2.39 bits per heavy atom. The predicted molar refractivity (Wildman–Crippen MR) is 142 cm³/mol. The third kappa shape index (κ3) is 5.18. The van der Waals surface area contributed by atoms with Crippen LogP contribution in [0.15, 0.2) is 23.8 Å². The summed E-state index contributed by atoms with van der Waals surface area (Å²) in [5.41, 5.74) is 11.1. The number of phosphoric ester groups is 2. The van der Waals surface area contributed by atoms with Crippen LogP contribution < -0.4 is 17.0 Å². The van der Waals surface area contributed by atoms with Crippen molar-refractivity contribution in [3.8, 4) is 0 Å². The number of aliphatic hydroxyl groups is 1. The molecule has 3 saturated heterocycles. The fourth-order valence-electron chi connectivity index (χ4n) is 5.27. The van der Waals surface area contributed by atoms with Crippen LogP contribution in [0.25, 0.3) is 22.3 Å². The average Bonchev–Trinajstić information content (AvgIpc) is 3.72. The molecule has 236 valence electrons. The lowest BCUT2D eigenvalue weighted by molar-refractivity contribution is -0.0673. The highest BCUT2D eigenvalue weighted by Gasteiger charge is 2.51. The van der Waals surface area contributed by atoms with Gasteiger partial charge in [0, 0.05) is 6.42 Å². The van der Waals surface area contributed by atoms with Crippen molar-refractivity contribution in [2.75, 3.05) is 24.7 Å². The molecule has 9 atom stereocenters. The summed E-state index contributed by atoms with van der Waals surface area (Å²) in [6.07, 6.45) is -6.06. The van der Waals surface area contributed by atoms with Crippen LogP contribution in [0, 0.1) is 0 Å². The van der Waals surface area contributed by atoms with Crippen LogP contribution in [0.3, 0.4) is 0 Å². The van der Waals surface area contributed by atoms with Gasteiger partial charge in [0.05, 0.1) is 32.0 Å². The minimum absolute atomic E-state index is 0.0203. The van der Waals surface area contributed by atoms with Gasteiger partial charge in [-0.2, -0.15) is 4.98 Å². The molecule has 4 aromatic heterocycles. The highest BCUT2D eigenvalue weighted by Crippen LogP contribution is 2.53. The molecule has 0 radical (unpaired) electrons. The molecule has 3 aliphatic rings. The molecule has 4 aromatic rings. The Hall–Kier alpha value is -3.40. The van der Waals surface area contributed by atoms with Crippen LogP contribution in [0.5, 0.6) is 0 Å². The molecule has 3 aliphatic heterocycles. The number of nitrogens with two attached hydrogens (primary N) is 2. The Bertz CT molecular complexity index is 1900. The number of aliphatic hydroxyl groups excluding tert-OH is 1. The molecule has 4 bridgehead atoms. The number of anilines is 2. The zero-order valence-corrected chi connectivity index (χ0v) is 23.9. The Morgan fingerprint density at radius 2 is 1.59 bits per heavy atom. The van der Waals surface area contributed by atoms with Crippen molar-refractivity contribution in [2.45, 2.75) is 49.4 Å². The van der Waals surface area contributed by atoms with Crippen LogP contribution in [0.2, 0.25) is 0 Å². The van der Waals surface area contributed by atoms with E-state index in [1.807, 2.05) is 0 Å². The lowest BCUT2D eigenvalue weighted by Gasteiger charge is -2.24. The Balaban J connectivity index is 1.20. The summed E-state index contributed by atoms with van der Waals surface area (Å²) in [5, 5.41) is 11.0. The van der Waals surface area contributed by atoms with Crippen molar-refractivity contribution >= 4 is 49.7 Å². The van der Waals surface area contributed by atoms with Gasteiger partial charge in [0.2, 0.25) is 5.95 Å². The number of H-pyrrole nitrogens is 1. The van der Waals surface area contributed by atoms with Crippen LogP contribution in [-0.4, -0.2) is 97.7 Å². The standard InChI is InChI=1S/C20H24N10O12P2/c21-14-10-15(24-4-23-14)29(5-25-10)19-13-12(31)9(40-19)3-38-43(33,34)41-8-1-7(2-37-44(35,36)42-13)39-18(8)30-6-26-11-16(30)27-20(22)28-17(11)32/h4-9,12-13,18-19,31H,1-3H2,(H,33,34)(H,35,36)(H2,21,23,24)(H3,22,27,28,32)/t7-,8+,9+,12+,13+,18+,19+/m0/s1. The van der Waals surface area contributed by atoms with Crippen molar-refractivity contribution in [1.82, 2.24) is 39.0 Å². The summed E-state index contributed by atoms with van der Waals surface area (Å²) in [6.45, 7) is -1.30. The lowest BCUT2D eigenvalue weighted by Crippen LogP contribution is -2.35. The van der Waals surface area contributed by atoms with Gasteiger partial charge < -0.3 is 35.8 Å². The maximum Gasteiger partial charge on any atom is 0.472 e. The summed E-state index contributed by atoms with van der Waals surface area (Å²) in [7, 11) is -9.83. The first-order valence-electron chi connectivity index (χ1n) is 12.8. The van der Waals surface area contributed by atoms with Gasteiger partial charge in [-0.1, -0.05) is 0 Å². The predicted octanol–water partition coefficient (Wildman–Crippen LogP) is -1.31. The fraction of sp³-hybridized carbons (Fsp3) is 0.500. The molecule has 0 saturated carbocycles. The molecule has 3 fully saturated rings. The number of nitrogen functional groups attached to an aromatic ring is 2. The van der Waals surface area contributed by atoms with Gasteiger partial charge >= 0.3 is 15.6 Å². The summed E-state index contributed by atoms with van der Waals surface area (Å²) >= 11 is 0. The number of nitrogens with zero attached hydrogens (tertiary/aromatic N) is 7. The molecule has 24 heteroatoms. The van der Waals surface area contributed by atoms with Gasteiger partial charge in [-0.3, -0.25) is 37.0 Å². The lowest BCUT2D eigenvalue weighted by atomic mass is 10.1. The minimum Gasteiger partial charge on any atom is -0.387 e. The topological polar surface area (TPSA) is 309 Å². The van der Waals surface area contributed by atoms with Crippen LogP contribution in [0.4, 0.5) is 11.8 Å². The number of nitrogens with one attached hydrogen (secondary N) is 1. The number of hydrogen-bond donors (Lipinski definition) is 6. The zero-order valence-electron chi connectivity index (χ0n) is 22.1. The molecular formula is C20H24N10O12P2. The first kappa shape index (κ1) is 29.3. The van der Waals surface area contributed by atoms with E-state index in [2.05, 4.69) is 29.9 Å². The van der Waals surface area contributed by atoms with Crippen LogP contribution in [-0.2, 0) is 36.7 Å². The van der Waals surface area contributed by atoms with Crippen molar-refractivity contribution < 1.29 is 51.6 Å². The molecule has 0 spiro atoms. The first-order valence-corrected chi connectivity index (χ1v) is 15.8. The van der Waals surface area contributed by atoms with E-state index in [4.69, 9.17) is 39.0 Å². The number of aromatic amines is 1. The van der Waals surface area contributed by atoms with E-state index in [9.17, 15) is 28.8 Å². The van der Waals surface area contributed by atoms with E-state index in [1.165, 1.54) is 21.8 Å². The summed E-state index contributed by atoms with van der Waals surface area (Å²) < 4.78 is 61.8. The number of phosphoric acid groups is 2. The Morgan fingerprint density at radius 1 is 0.886 bits per heavy atom. The maximum absolute atomic E-state index is 13.1. The van der Waals surface area contributed by atoms with E-state index < -0.39 is 77.4 Å². The van der Waals surface area contributed by atoms with Crippen LogP contribution in [0.1, 0.15) is 18.9 Å². The number of rotatable bonds is 2. The highest BCUT2D eigenvalue weighted by molar-refractivity contribution is 7.47. The second kappa shape index (κ2) is 10.6. The first-order chi connectivity index (χ1) is 20.9. The third-order valence-corrected chi connectivity index (χ3v) is 9.19. The number of fused-ring (bicyclic) bond motifs is 6. The summed E-state index contributed by atoms with van der Waals surface area (Å²) in [6, 6.07) is 0. The maximum atomic E-state index is 13.1. The molecule has 2 unspecified atom stereocenters. The number of hydrogen-bond acceptors (Lipinski definition) is 17. The molecule has 0 aliphatic carbocycles. The molecule has 0 aromatic carbocycles. The average molecular weight is 658 g/mol. The monoisotopic (exact) mass is 658 g/mol. The van der Waals surface area contributed by atoms with Crippen molar-refractivity contribution in [3.63, 3.8) is 0 Å². The third-order valence-electron chi connectivity index (χ3n) is 7.19. The van der Waals surface area contributed by atoms with Crippen molar-refractivity contribution in [3.05, 3.63) is 29.3 Å². The van der Waals surface area contributed by atoms with E-state index in [1.54, 1.807) is 0 Å². The zero-order chi connectivity index (χ0) is 31.0. The van der Waals surface area contributed by atoms with Gasteiger partial charge in [0.25, 0.3) is 5.56 Å². The largest absolute Gasteiger partial charge is 0.472 e. The second-order valence-electron chi connectivity index (χ2n) is 10.0. The molecule has 0 amide bonds. The van der Waals surface area contributed by atoms with Gasteiger partial charge in [0.15, 0.2) is 35.1 Å². The normalized spacial score (nSPS) is 36.6.